The third-order valence-electron chi connectivity index (χ3n) is 3.46. The highest BCUT2D eigenvalue weighted by Crippen LogP contribution is 2.47. The van der Waals surface area contributed by atoms with Crippen molar-refractivity contribution in [2.24, 2.45) is 5.41 Å². The van der Waals surface area contributed by atoms with Gasteiger partial charge in [-0.25, -0.2) is 0 Å². The SMILES string of the molecule is OCCC1(CNCc2c(Cl)cccc2Cl)CC1. The van der Waals surface area contributed by atoms with Gasteiger partial charge in [-0.15, -0.1) is 0 Å². The molecule has 1 aliphatic carbocycles. The van der Waals surface area contributed by atoms with Gasteiger partial charge >= 0.3 is 0 Å². The molecule has 1 aromatic carbocycles. The molecule has 0 aromatic heterocycles. The van der Waals surface area contributed by atoms with Crippen LogP contribution in [0.1, 0.15) is 24.8 Å². The fourth-order valence-electron chi connectivity index (χ4n) is 2.08. The minimum absolute atomic E-state index is 0.272. The Kier molecular flexibility index (Phi) is 4.31. The van der Waals surface area contributed by atoms with Crippen LogP contribution in [0.5, 0.6) is 0 Å². The maximum atomic E-state index is 8.98. The minimum Gasteiger partial charge on any atom is -0.396 e. The van der Waals surface area contributed by atoms with E-state index in [-0.39, 0.29) is 6.61 Å². The number of rotatable bonds is 6. The molecule has 2 N–H and O–H groups in total. The van der Waals surface area contributed by atoms with E-state index in [4.69, 9.17) is 28.3 Å². The van der Waals surface area contributed by atoms with Crippen molar-refractivity contribution in [2.75, 3.05) is 13.2 Å². The minimum atomic E-state index is 0.272. The summed E-state index contributed by atoms with van der Waals surface area (Å²) in [4.78, 5) is 0. The van der Waals surface area contributed by atoms with Crippen LogP contribution in [0.3, 0.4) is 0 Å². The first-order chi connectivity index (χ1) is 8.17. The standard InChI is InChI=1S/C13H17Cl2NO/c14-11-2-1-3-12(15)10(11)8-16-9-13(4-5-13)6-7-17/h1-3,16-17H,4-9H2. The second kappa shape index (κ2) is 5.57. The third-order valence-corrected chi connectivity index (χ3v) is 4.17. The summed E-state index contributed by atoms with van der Waals surface area (Å²) in [6.07, 6.45) is 3.30. The van der Waals surface area contributed by atoms with Gasteiger partial charge in [-0.05, 0) is 36.8 Å². The van der Waals surface area contributed by atoms with E-state index in [0.717, 1.165) is 18.5 Å². The van der Waals surface area contributed by atoms with Crippen LogP contribution in [0.25, 0.3) is 0 Å². The fraction of sp³-hybridized carbons (Fsp3) is 0.538. The van der Waals surface area contributed by atoms with E-state index >= 15 is 0 Å². The van der Waals surface area contributed by atoms with Gasteiger partial charge in [0.25, 0.3) is 0 Å². The average Bonchev–Trinajstić information content (AvgIpc) is 3.03. The maximum Gasteiger partial charge on any atom is 0.0465 e. The van der Waals surface area contributed by atoms with E-state index < -0.39 is 0 Å². The first kappa shape index (κ1) is 13.2. The van der Waals surface area contributed by atoms with Crippen LogP contribution in [0, 0.1) is 5.41 Å². The Hall–Kier alpha value is -0.280. The number of halogens is 2. The summed E-state index contributed by atoms with van der Waals surface area (Å²) in [6, 6.07) is 5.55. The monoisotopic (exact) mass is 273 g/mol. The first-order valence-electron chi connectivity index (χ1n) is 5.91. The van der Waals surface area contributed by atoms with Gasteiger partial charge in [0, 0.05) is 35.3 Å². The van der Waals surface area contributed by atoms with Crippen molar-refractivity contribution in [2.45, 2.75) is 25.8 Å². The second-order valence-corrected chi connectivity index (χ2v) is 5.59. The van der Waals surface area contributed by atoms with Crippen LogP contribution in [0.4, 0.5) is 0 Å². The lowest BCUT2D eigenvalue weighted by Gasteiger charge is -2.15. The fourth-order valence-corrected chi connectivity index (χ4v) is 2.61. The van der Waals surface area contributed by atoms with Gasteiger partial charge in [0.1, 0.15) is 0 Å². The third kappa shape index (κ3) is 3.35. The molecule has 0 heterocycles. The lowest BCUT2D eigenvalue weighted by Crippen LogP contribution is -2.24. The summed E-state index contributed by atoms with van der Waals surface area (Å²) in [5.74, 6) is 0. The predicted molar refractivity (Wildman–Crippen MR) is 71.5 cm³/mol. The molecule has 0 spiro atoms. The Bertz CT molecular complexity index is 371. The van der Waals surface area contributed by atoms with Crippen molar-refractivity contribution in [1.82, 2.24) is 5.32 Å². The number of nitrogens with one attached hydrogen (secondary N) is 1. The summed E-state index contributed by atoms with van der Waals surface area (Å²) in [7, 11) is 0. The zero-order valence-electron chi connectivity index (χ0n) is 9.68. The van der Waals surface area contributed by atoms with Crippen LogP contribution in [0.15, 0.2) is 18.2 Å². The van der Waals surface area contributed by atoms with Crippen molar-refractivity contribution in [3.05, 3.63) is 33.8 Å². The second-order valence-electron chi connectivity index (χ2n) is 4.78. The molecule has 94 valence electrons. The molecule has 1 saturated carbocycles. The normalized spacial score (nSPS) is 17.1. The van der Waals surface area contributed by atoms with Crippen LogP contribution < -0.4 is 5.32 Å². The Labute approximate surface area is 112 Å². The molecule has 0 saturated heterocycles. The van der Waals surface area contributed by atoms with Crippen molar-refractivity contribution in [1.29, 1.82) is 0 Å². The van der Waals surface area contributed by atoms with Crippen LogP contribution in [-0.4, -0.2) is 18.3 Å². The zero-order chi connectivity index (χ0) is 12.3. The number of aliphatic hydroxyl groups is 1. The highest BCUT2D eigenvalue weighted by molar-refractivity contribution is 6.35. The molecule has 4 heteroatoms. The molecule has 0 amide bonds. The van der Waals surface area contributed by atoms with E-state index in [2.05, 4.69) is 5.32 Å². The summed E-state index contributed by atoms with van der Waals surface area (Å²) in [5.41, 5.74) is 1.28. The molecule has 1 aliphatic rings. The van der Waals surface area contributed by atoms with E-state index in [0.29, 0.717) is 22.0 Å². The van der Waals surface area contributed by atoms with Crippen molar-refractivity contribution in [3.63, 3.8) is 0 Å². The molecule has 0 unspecified atom stereocenters. The Balaban J connectivity index is 1.86. The van der Waals surface area contributed by atoms with E-state index in [1.54, 1.807) is 0 Å². The van der Waals surface area contributed by atoms with Crippen LogP contribution in [0.2, 0.25) is 10.0 Å². The van der Waals surface area contributed by atoms with Gasteiger partial charge in [-0.2, -0.15) is 0 Å². The molecule has 1 fully saturated rings. The lowest BCUT2D eigenvalue weighted by molar-refractivity contribution is 0.245. The molecule has 1 aromatic rings. The van der Waals surface area contributed by atoms with Crippen LogP contribution in [-0.2, 0) is 6.54 Å². The number of hydrogen-bond donors (Lipinski definition) is 2. The van der Waals surface area contributed by atoms with Gasteiger partial charge < -0.3 is 10.4 Å². The van der Waals surface area contributed by atoms with Gasteiger partial charge in [0.05, 0.1) is 0 Å². The Morgan fingerprint density at radius 2 is 1.88 bits per heavy atom. The van der Waals surface area contributed by atoms with Gasteiger partial charge in [-0.1, -0.05) is 29.3 Å². The number of hydrogen-bond acceptors (Lipinski definition) is 2. The summed E-state index contributed by atoms with van der Waals surface area (Å²) in [6.45, 7) is 1.88. The van der Waals surface area contributed by atoms with Gasteiger partial charge in [-0.3, -0.25) is 0 Å². The highest BCUT2D eigenvalue weighted by Gasteiger charge is 2.41. The van der Waals surface area contributed by atoms with E-state index in [9.17, 15) is 0 Å². The smallest absolute Gasteiger partial charge is 0.0465 e. The van der Waals surface area contributed by atoms with Crippen molar-refractivity contribution < 1.29 is 5.11 Å². The zero-order valence-corrected chi connectivity index (χ0v) is 11.2. The van der Waals surface area contributed by atoms with Gasteiger partial charge in [0.2, 0.25) is 0 Å². The van der Waals surface area contributed by atoms with Crippen LogP contribution >= 0.6 is 23.2 Å². The molecule has 17 heavy (non-hydrogen) atoms. The van der Waals surface area contributed by atoms with Crippen molar-refractivity contribution >= 4 is 23.2 Å². The molecular weight excluding hydrogens is 257 g/mol. The summed E-state index contributed by atoms with van der Waals surface area (Å²) >= 11 is 12.2. The Morgan fingerprint density at radius 1 is 1.24 bits per heavy atom. The molecule has 0 radical (unpaired) electrons. The quantitative estimate of drug-likeness (QED) is 0.834. The molecule has 2 nitrogen and oxygen atoms in total. The highest BCUT2D eigenvalue weighted by atomic mass is 35.5. The van der Waals surface area contributed by atoms with E-state index in [1.807, 2.05) is 18.2 Å². The largest absolute Gasteiger partial charge is 0.396 e. The lowest BCUT2D eigenvalue weighted by atomic mass is 10.0. The summed E-state index contributed by atoms with van der Waals surface area (Å²) < 4.78 is 0. The van der Waals surface area contributed by atoms with Crippen molar-refractivity contribution in [3.8, 4) is 0 Å². The van der Waals surface area contributed by atoms with Gasteiger partial charge in [0.15, 0.2) is 0 Å². The molecule has 2 rings (SSSR count). The molecule has 0 atom stereocenters. The number of benzene rings is 1. The molecule has 0 aliphatic heterocycles. The topological polar surface area (TPSA) is 32.3 Å². The first-order valence-corrected chi connectivity index (χ1v) is 6.67. The average molecular weight is 274 g/mol. The van der Waals surface area contributed by atoms with E-state index in [1.165, 1.54) is 12.8 Å². The molecule has 0 bridgehead atoms. The maximum absolute atomic E-state index is 8.98. The molecular formula is C13H17Cl2NO. The summed E-state index contributed by atoms with van der Waals surface area (Å²) in [5, 5.41) is 13.8. The Morgan fingerprint density at radius 3 is 2.41 bits per heavy atom. The number of aliphatic hydroxyl groups excluding tert-OH is 1. The predicted octanol–water partition coefficient (Wildman–Crippen LogP) is 3.25.